The lowest BCUT2D eigenvalue weighted by molar-refractivity contribution is -0.143. The lowest BCUT2D eigenvalue weighted by Gasteiger charge is -2.26. The minimum absolute atomic E-state index is 0.0310. The number of aliphatic carboxylic acids is 1. The van der Waals surface area contributed by atoms with Crippen LogP contribution < -0.4 is 5.32 Å². The van der Waals surface area contributed by atoms with Gasteiger partial charge in [-0.05, 0) is 62.6 Å². The van der Waals surface area contributed by atoms with Crippen LogP contribution in [-0.2, 0) is 4.79 Å². The van der Waals surface area contributed by atoms with E-state index in [1.54, 1.807) is 0 Å². The van der Waals surface area contributed by atoms with Crippen molar-refractivity contribution in [1.29, 1.82) is 0 Å². The molecule has 114 valence electrons. The summed E-state index contributed by atoms with van der Waals surface area (Å²) in [5.41, 5.74) is 2.86. The maximum atomic E-state index is 12.2. The monoisotopic (exact) mass is 289 g/mol. The Balaban J connectivity index is 1.85. The Kier molecular flexibility index (Phi) is 4.99. The van der Waals surface area contributed by atoms with E-state index in [0.29, 0.717) is 12.5 Å². The second kappa shape index (κ2) is 6.74. The predicted octanol–water partition coefficient (Wildman–Crippen LogP) is 2.92. The van der Waals surface area contributed by atoms with Crippen molar-refractivity contribution >= 4 is 11.9 Å². The standard InChI is InChI=1S/C17H23NO3/c1-11-4-3-5-15(12(11)2)16(19)18-10-13-6-8-14(9-7-13)17(20)21/h3-5,13-14H,6-10H2,1-2H3,(H,18,19)(H,20,21). The molecule has 1 aromatic rings. The van der Waals surface area contributed by atoms with Gasteiger partial charge >= 0.3 is 5.97 Å². The van der Waals surface area contributed by atoms with E-state index in [4.69, 9.17) is 5.11 Å². The number of benzene rings is 1. The highest BCUT2D eigenvalue weighted by atomic mass is 16.4. The van der Waals surface area contributed by atoms with Gasteiger partial charge < -0.3 is 10.4 Å². The highest BCUT2D eigenvalue weighted by molar-refractivity contribution is 5.95. The molecule has 1 aromatic carbocycles. The smallest absolute Gasteiger partial charge is 0.306 e. The van der Waals surface area contributed by atoms with E-state index in [9.17, 15) is 9.59 Å². The molecule has 0 spiro atoms. The Labute approximate surface area is 125 Å². The highest BCUT2D eigenvalue weighted by Gasteiger charge is 2.26. The summed E-state index contributed by atoms with van der Waals surface area (Å²) in [6.45, 7) is 4.60. The molecule has 1 fully saturated rings. The SMILES string of the molecule is Cc1cccc(C(=O)NCC2CCC(C(=O)O)CC2)c1C. The summed E-state index contributed by atoms with van der Waals surface area (Å²) in [7, 11) is 0. The number of carboxylic acid groups (broad SMARTS) is 1. The molecule has 4 nitrogen and oxygen atoms in total. The number of aryl methyl sites for hydroxylation is 1. The summed E-state index contributed by atoms with van der Waals surface area (Å²) in [4.78, 5) is 23.1. The number of nitrogens with one attached hydrogen (secondary N) is 1. The molecule has 0 heterocycles. The Hall–Kier alpha value is -1.84. The van der Waals surface area contributed by atoms with Crippen molar-refractivity contribution in [3.8, 4) is 0 Å². The fraction of sp³-hybridized carbons (Fsp3) is 0.529. The molecule has 0 atom stereocenters. The Bertz CT molecular complexity index is 531. The first-order valence-corrected chi connectivity index (χ1v) is 7.56. The molecule has 0 aliphatic heterocycles. The summed E-state index contributed by atoms with van der Waals surface area (Å²) in [5, 5.41) is 12.0. The van der Waals surface area contributed by atoms with Crippen LogP contribution in [0.4, 0.5) is 0 Å². The number of carbonyl (C=O) groups is 2. The van der Waals surface area contributed by atoms with Crippen LogP contribution in [-0.4, -0.2) is 23.5 Å². The number of hydrogen-bond acceptors (Lipinski definition) is 2. The topological polar surface area (TPSA) is 66.4 Å². The van der Waals surface area contributed by atoms with Crippen LogP contribution in [0, 0.1) is 25.7 Å². The van der Waals surface area contributed by atoms with E-state index < -0.39 is 5.97 Å². The molecule has 2 rings (SSSR count). The summed E-state index contributed by atoms with van der Waals surface area (Å²) in [6.07, 6.45) is 3.20. The van der Waals surface area contributed by atoms with Gasteiger partial charge in [-0.3, -0.25) is 9.59 Å². The van der Waals surface area contributed by atoms with Crippen LogP contribution in [0.15, 0.2) is 18.2 Å². The number of rotatable bonds is 4. The maximum Gasteiger partial charge on any atom is 0.306 e. The van der Waals surface area contributed by atoms with Crippen LogP contribution in [0.1, 0.15) is 47.2 Å². The van der Waals surface area contributed by atoms with E-state index in [-0.39, 0.29) is 11.8 Å². The third kappa shape index (κ3) is 3.84. The van der Waals surface area contributed by atoms with E-state index in [2.05, 4.69) is 5.32 Å². The van der Waals surface area contributed by atoms with Crippen molar-refractivity contribution in [2.75, 3.05) is 6.54 Å². The van der Waals surface area contributed by atoms with Crippen molar-refractivity contribution in [3.63, 3.8) is 0 Å². The van der Waals surface area contributed by atoms with Gasteiger partial charge in [-0.15, -0.1) is 0 Å². The molecule has 0 saturated heterocycles. The van der Waals surface area contributed by atoms with Gasteiger partial charge in [-0.2, -0.15) is 0 Å². The van der Waals surface area contributed by atoms with E-state index >= 15 is 0 Å². The van der Waals surface area contributed by atoms with Crippen LogP contribution in [0.25, 0.3) is 0 Å². The molecule has 0 bridgehead atoms. The number of hydrogen-bond donors (Lipinski definition) is 2. The van der Waals surface area contributed by atoms with Crippen LogP contribution in [0.2, 0.25) is 0 Å². The normalized spacial score (nSPS) is 21.8. The number of carboxylic acids is 1. The average Bonchev–Trinajstić information content (AvgIpc) is 2.48. The van der Waals surface area contributed by atoms with Gasteiger partial charge in [-0.1, -0.05) is 12.1 Å². The molecule has 21 heavy (non-hydrogen) atoms. The summed E-state index contributed by atoms with van der Waals surface area (Å²) in [6, 6.07) is 5.74. The van der Waals surface area contributed by atoms with Crippen LogP contribution in [0.3, 0.4) is 0 Å². The number of carbonyl (C=O) groups excluding carboxylic acids is 1. The van der Waals surface area contributed by atoms with Crippen molar-refractivity contribution in [2.24, 2.45) is 11.8 Å². The molecule has 1 aliphatic carbocycles. The first-order valence-electron chi connectivity index (χ1n) is 7.56. The van der Waals surface area contributed by atoms with Gasteiger partial charge in [-0.25, -0.2) is 0 Å². The van der Waals surface area contributed by atoms with Gasteiger partial charge in [0.15, 0.2) is 0 Å². The van der Waals surface area contributed by atoms with Gasteiger partial charge in [0.1, 0.15) is 0 Å². The maximum absolute atomic E-state index is 12.2. The van der Waals surface area contributed by atoms with Gasteiger partial charge in [0.05, 0.1) is 5.92 Å². The predicted molar refractivity (Wildman–Crippen MR) is 81.3 cm³/mol. The molecule has 4 heteroatoms. The van der Waals surface area contributed by atoms with Crippen LogP contribution in [0.5, 0.6) is 0 Å². The third-order valence-electron chi connectivity index (χ3n) is 4.60. The second-order valence-electron chi connectivity index (χ2n) is 6.01. The first kappa shape index (κ1) is 15.5. The fourth-order valence-corrected chi connectivity index (χ4v) is 2.94. The average molecular weight is 289 g/mol. The first-order chi connectivity index (χ1) is 9.99. The van der Waals surface area contributed by atoms with Gasteiger partial charge in [0.2, 0.25) is 0 Å². The zero-order chi connectivity index (χ0) is 15.4. The minimum atomic E-state index is -0.687. The Morgan fingerprint density at radius 1 is 1.19 bits per heavy atom. The molecule has 0 radical (unpaired) electrons. The summed E-state index contributed by atoms with van der Waals surface area (Å²) >= 11 is 0. The Morgan fingerprint density at radius 3 is 2.48 bits per heavy atom. The fourth-order valence-electron chi connectivity index (χ4n) is 2.94. The lowest BCUT2D eigenvalue weighted by atomic mass is 9.82. The lowest BCUT2D eigenvalue weighted by Crippen LogP contribution is -2.32. The quantitative estimate of drug-likeness (QED) is 0.895. The zero-order valence-corrected chi connectivity index (χ0v) is 12.7. The molecular weight excluding hydrogens is 266 g/mol. The molecule has 0 aromatic heterocycles. The largest absolute Gasteiger partial charge is 0.481 e. The van der Waals surface area contributed by atoms with Crippen LogP contribution >= 0.6 is 0 Å². The van der Waals surface area contributed by atoms with E-state index in [0.717, 1.165) is 42.4 Å². The van der Waals surface area contributed by atoms with Gasteiger partial charge in [0.25, 0.3) is 5.91 Å². The molecular formula is C17H23NO3. The van der Waals surface area contributed by atoms with Crippen molar-refractivity contribution < 1.29 is 14.7 Å². The molecule has 2 N–H and O–H groups in total. The molecule has 1 saturated carbocycles. The van der Waals surface area contributed by atoms with Crippen molar-refractivity contribution in [2.45, 2.75) is 39.5 Å². The molecule has 1 aliphatic rings. The highest BCUT2D eigenvalue weighted by Crippen LogP contribution is 2.28. The van der Waals surface area contributed by atoms with Gasteiger partial charge in [0, 0.05) is 12.1 Å². The van der Waals surface area contributed by atoms with E-state index in [1.807, 2.05) is 32.0 Å². The van der Waals surface area contributed by atoms with Crippen molar-refractivity contribution in [1.82, 2.24) is 5.32 Å². The van der Waals surface area contributed by atoms with E-state index in [1.165, 1.54) is 0 Å². The molecule has 1 amide bonds. The van der Waals surface area contributed by atoms with Crippen molar-refractivity contribution in [3.05, 3.63) is 34.9 Å². The zero-order valence-electron chi connectivity index (χ0n) is 12.7. The minimum Gasteiger partial charge on any atom is -0.481 e. The third-order valence-corrected chi connectivity index (χ3v) is 4.60. The number of amides is 1. The summed E-state index contributed by atoms with van der Waals surface area (Å²) < 4.78 is 0. The summed E-state index contributed by atoms with van der Waals surface area (Å²) in [5.74, 6) is -0.518. The Morgan fingerprint density at radius 2 is 1.86 bits per heavy atom. The molecule has 0 unspecified atom stereocenters. The second-order valence-corrected chi connectivity index (χ2v) is 6.01.